The molecule has 0 aromatic heterocycles. The molecule has 0 saturated heterocycles. The minimum Gasteiger partial charge on any atom is -0.497 e. The number of nitrogens with zero attached hydrogens (tertiary/aromatic N) is 1. The van der Waals surface area contributed by atoms with Gasteiger partial charge in [0.05, 0.1) is 13.7 Å². The first-order chi connectivity index (χ1) is 9.65. The Morgan fingerprint density at radius 3 is 2.55 bits per heavy atom. The van der Waals surface area contributed by atoms with Gasteiger partial charge in [-0.2, -0.15) is 0 Å². The summed E-state index contributed by atoms with van der Waals surface area (Å²) in [6.45, 7) is 4.07. The van der Waals surface area contributed by atoms with Crippen molar-refractivity contribution in [3.8, 4) is 5.75 Å². The Morgan fingerprint density at radius 2 is 2.00 bits per heavy atom. The molecular weight excluding hydrogens is 254 g/mol. The fourth-order valence-electron chi connectivity index (χ4n) is 2.12. The van der Waals surface area contributed by atoms with E-state index < -0.39 is 0 Å². The van der Waals surface area contributed by atoms with Crippen LogP contribution in [0.3, 0.4) is 0 Å². The average Bonchev–Trinajstić information content (AvgIpc) is 2.47. The van der Waals surface area contributed by atoms with Gasteiger partial charge in [0, 0.05) is 17.8 Å². The van der Waals surface area contributed by atoms with Crippen molar-refractivity contribution < 1.29 is 14.3 Å². The van der Waals surface area contributed by atoms with Crippen LogP contribution >= 0.6 is 0 Å². The number of allylic oxidation sites excluding steroid dienone is 3. The molecule has 0 fully saturated rings. The van der Waals surface area contributed by atoms with Crippen LogP contribution in [0.25, 0.3) is 0 Å². The lowest BCUT2D eigenvalue weighted by Gasteiger charge is -2.24. The molecule has 1 aromatic carbocycles. The van der Waals surface area contributed by atoms with Crippen molar-refractivity contribution in [3.05, 3.63) is 53.9 Å². The van der Waals surface area contributed by atoms with Gasteiger partial charge in [0.1, 0.15) is 5.75 Å². The van der Waals surface area contributed by atoms with Gasteiger partial charge in [-0.25, -0.2) is 4.79 Å². The molecule has 1 atom stereocenters. The van der Waals surface area contributed by atoms with E-state index in [4.69, 9.17) is 9.47 Å². The average molecular weight is 273 g/mol. The second-order valence-electron chi connectivity index (χ2n) is 4.52. The highest BCUT2D eigenvalue weighted by molar-refractivity contribution is 5.71. The standard InChI is InChI=1S/C16H19NO3/c1-4-20-16(18)17-10-9-14(11-12(17)2)13-5-7-15(19-3)8-6-13/h5-11,14H,4H2,1-3H3. The molecule has 106 valence electrons. The van der Waals surface area contributed by atoms with E-state index in [9.17, 15) is 4.79 Å². The SMILES string of the molecule is CCOC(=O)N1C=CC(c2ccc(OC)cc2)C=C1C. The fraction of sp³-hybridized carbons (Fsp3) is 0.312. The molecule has 1 aliphatic heterocycles. The molecule has 0 aliphatic carbocycles. The van der Waals surface area contributed by atoms with Crippen LogP contribution in [0.15, 0.2) is 48.3 Å². The van der Waals surface area contributed by atoms with E-state index >= 15 is 0 Å². The summed E-state index contributed by atoms with van der Waals surface area (Å²) in [5, 5.41) is 0. The molecule has 0 spiro atoms. The molecule has 0 N–H and O–H groups in total. The van der Waals surface area contributed by atoms with Crippen LogP contribution < -0.4 is 4.74 Å². The Labute approximate surface area is 119 Å². The van der Waals surface area contributed by atoms with Gasteiger partial charge in [0.15, 0.2) is 0 Å². The van der Waals surface area contributed by atoms with E-state index in [1.54, 1.807) is 20.2 Å². The number of benzene rings is 1. The lowest BCUT2D eigenvalue weighted by atomic mass is 9.96. The van der Waals surface area contributed by atoms with Gasteiger partial charge in [-0.1, -0.05) is 24.3 Å². The third-order valence-corrected chi connectivity index (χ3v) is 3.21. The van der Waals surface area contributed by atoms with Crippen molar-refractivity contribution in [1.82, 2.24) is 4.90 Å². The lowest BCUT2D eigenvalue weighted by Crippen LogP contribution is -2.27. The first-order valence-electron chi connectivity index (χ1n) is 6.62. The number of ether oxygens (including phenoxy) is 2. The summed E-state index contributed by atoms with van der Waals surface area (Å²) in [5.41, 5.74) is 2.02. The zero-order valence-electron chi connectivity index (χ0n) is 12.0. The zero-order valence-corrected chi connectivity index (χ0v) is 12.0. The van der Waals surface area contributed by atoms with Crippen LogP contribution in [0.1, 0.15) is 25.3 Å². The number of carbonyl (C=O) groups excluding carboxylic acids is 1. The topological polar surface area (TPSA) is 38.8 Å². The van der Waals surface area contributed by atoms with E-state index in [1.807, 2.05) is 43.3 Å². The summed E-state index contributed by atoms with van der Waals surface area (Å²) in [6.07, 6.45) is 5.44. The molecule has 1 amide bonds. The van der Waals surface area contributed by atoms with Gasteiger partial charge in [0.2, 0.25) is 0 Å². The third-order valence-electron chi connectivity index (χ3n) is 3.21. The monoisotopic (exact) mass is 273 g/mol. The second-order valence-corrected chi connectivity index (χ2v) is 4.52. The maximum atomic E-state index is 11.7. The summed E-state index contributed by atoms with van der Waals surface area (Å²) < 4.78 is 10.2. The number of methoxy groups -OCH3 is 1. The molecule has 2 rings (SSSR count). The molecule has 1 unspecified atom stereocenters. The van der Waals surface area contributed by atoms with Crippen molar-refractivity contribution in [1.29, 1.82) is 0 Å². The molecule has 1 aliphatic rings. The first-order valence-corrected chi connectivity index (χ1v) is 6.62. The fourth-order valence-corrected chi connectivity index (χ4v) is 2.12. The van der Waals surface area contributed by atoms with E-state index in [0.717, 1.165) is 17.0 Å². The van der Waals surface area contributed by atoms with Gasteiger partial charge in [-0.3, -0.25) is 4.90 Å². The Hall–Kier alpha value is -2.23. The van der Waals surface area contributed by atoms with Crippen molar-refractivity contribution in [2.75, 3.05) is 13.7 Å². The highest BCUT2D eigenvalue weighted by Gasteiger charge is 2.19. The first kappa shape index (κ1) is 14.2. The quantitative estimate of drug-likeness (QED) is 0.843. The van der Waals surface area contributed by atoms with Crippen molar-refractivity contribution in [3.63, 3.8) is 0 Å². The number of carbonyl (C=O) groups is 1. The Kier molecular flexibility index (Phi) is 4.45. The van der Waals surface area contributed by atoms with Gasteiger partial charge in [-0.05, 0) is 31.5 Å². The van der Waals surface area contributed by atoms with Crippen LogP contribution in [0.2, 0.25) is 0 Å². The number of hydrogen-bond donors (Lipinski definition) is 0. The Balaban J connectivity index is 2.13. The highest BCUT2D eigenvalue weighted by atomic mass is 16.6. The van der Waals surface area contributed by atoms with E-state index in [0.29, 0.717) is 6.61 Å². The van der Waals surface area contributed by atoms with Gasteiger partial charge < -0.3 is 9.47 Å². The Morgan fingerprint density at radius 1 is 1.30 bits per heavy atom. The molecule has 0 saturated carbocycles. The third kappa shape index (κ3) is 3.02. The maximum absolute atomic E-state index is 11.7. The summed E-state index contributed by atoms with van der Waals surface area (Å²) in [4.78, 5) is 13.2. The largest absolute Gasteiger partial charge is 0.497 e. The maximum Gasteiger partial charge on any atom is 0.418 e. The minimum atomic E-state index is -0.342. The van der Waals surface area contributed by atoms with E-state index in [1.165, 1.54) is 4.90 Å². The number of rotatable bonds is 3. The van der Waals surface area contributed by atoms with Crippen molar-refractivity contribution in [2.24, 2.45) is 0 Å². The van der Waals surface area contributed by atoms with Gasteiger partial charge in [-0.15, -0.1) is 0 Å². The summed E-state index contributed by atoms with van der Waals surface area (Å²) in [6, 6.07) is 7.92. The minimum absolute atomic E-state index is 0.159. The second kappa shape index (κ2) is 6.28. The summed E-state index contributed by atoms with van der Waals surface area (Å²) >= 11 is 0. The molecule has 20 heavy (non-hydrogen) atoms. The van der Waals surface area contributed by atoms with Gasteiger partial charge >= 0.3 is 6.09 Å². The van der Waals surface area contributed by atoms with Crippen LogP contribution in [-0.2, 0) is 4.74 Å². The molecule has 1 heterocycles. The number of hydrogen-bond acceptors (Lipinski definition) is 3. The smallest absolute Gasteiger partial charge is 0.418 e. The molecule has 4 nitrogen and oxygen atoms in total. The van der Waals surface area contributed by atoms with Crippen LogP contribution in [-0.4, -0.2) is 24.7 Å². The zero-order chi connectivity index (χ0) is 14.5. The lowest BCUT2D eigenvalue weighted by molar-refractivity contribution is 0.130. The van der Waals surface area contributed by atoms with Crippen molar-refractivity contribution >= 4 is 6.09 Å². The highest BCUT2D eigenvalue weighted by Crippen LogP contribution is 2.27. The molecule has 0 bridgehead atoms. The number of amides is 1. The van der Waals surface area contributed by atoms with E-state index in [-0.39, 0.29) is 12.0 Å². The summed E-state index contributed by atoms with van der Waals surface area (Å²) in [5.74, 6) is 0.994. The normalized spacial score (nSPS) is 17.6. The predicted octanol–water partition coefficient (Wildman–Crippen LogP) is 3.67. The molecular formula is C16H19NO3. The molecule has 1 aromatic rings. The van der Waals surface area contributed by atoms with Gasteiger partial charge in [0.25, 0.3) is 0 Å². The summed E-state index contributed by atoms with van der Waals surface area (Å²) in [7, 11) is 1.65. The van der Waals surface area contributed by atoms with Crippen molar-refractivity contribution in [2.45, 2.75) is 19.8 Å². The predicted molar refractivity (Wildman–Crippen MR) is 77.5 cm³/mol. The van der Waals surface area contributed by atoms with Crippen LogP contribution in [0.5, 0.6) is 5.75 Å². The van der Waals surface area contributed by atoms with Crippen LogP contribution in [0.4, 0.5) is 4.79 Å². The molecule has 4 heteroatoms. The Bertz CT molecular complexity index is 531. The van der Waals surface area contributed by atoms with Crippen LogP contribution in [0, 0.1) is 0 Å². The van der Waals surface area contributed by atoms with E-state index in [2.05, 4.69) is 0 Å². The molecule has 0 radical (unpaired) electrons.